The van der Waals surface area contributed by atoms with E-state index in [9.17, 15) is 18.0 Å². The summed E-state index contributed by atoms with van der Waals surface area (Å²) in [5.41, 5.74) is 1.12. The molecule has 1 aliphatic rings. The van der Waals surface area contributed by atoms with E-state index < -0.39 is 17.5 Å². The maximum absolute atomic E-state index is 13.4. The highest BCUT2D eigenvalue weighted by Gasteiger charge is 2.19. The number of benzene rings is 2. The summed E-state index contributed by atoms with van der Waals surface area (Å²) in [4.78, 5) is 14.0. The van der Waals surface area contributed by atoms with Crippen molar-refractivity contribution in [3.63, 3.8) is 0 Å². The van der Waals surface area contributed by atoms with Crippen molar-refractivity contribution >= 4 is 11.6 Å². The third kappa shape index (κ3) is 4.23. The predicted octanol–water partition coefficient (Wildman–Crippen LogP) is 3.01. The molecule has 1 heterocycles. The molecule has 25 heavy (non-hydrogen) atoms. The van der Waals surface area contributed by atoms with E-state index >= 15 is 0 Å². The van der Waals surface area contributed by atoms with Crippen molar-refractivity contribution in [2.45, 2.75) is 13.0 Å². The molecule has 1 N–H and O–H groups in total. The summed E-state index contributed by atoms with van der Waals surface area (Å²) in [6, 6.07) is 7.68. The number of carbonyl (C=O) groups excluding carboxylic acids is 1. The smallest absolute Gasteiger partial charge is 0.239 e. The molecule has 2 aromatic carbocycles. The topological polar surface area (TPSA) is 41.6 Å². The fourth-order valence-electron chi connectivity index (χ4n) is 2.67. The second-order valence-corrected chi connectivity index (χ2v) is 5.76. The summed E-state index contributed by atoms with van der Waals surface area (Å²) in [5, 5.41) is 2.67. The van der Waals surface area contributed by atoms with Crippen LogP contribution in [0.25, 0.3) is 0 Å². The lowest BCUT2D eigenvalue weighted by atomic mass is 10.2. The van der Waals surface area contributed by atoms with Crippen LogP contribution in [-0.4, -0.2) is 25.6 Å². The van der Waals surface area contributed by atoms with Crippen LogP contribution in [0.1, 0.15) is 12.0 Å². The first kappa shape index (κ1) is 17.1. The Morgan fingerprint density at radius 3 is 2.76 bits per heavy atom. The van der Waals surface area contributed by atoms with Crippen LogP contribution >= 0.6 is 0 Å². The number of carbonyl (C=O) groups is 1. The lowest BCUT2D eigenvalue weighted by molar-refractivity contribution is -0.119. The Morgan fingerprint density at radius 1 is 1.12 bits per heavy atom. The molecule has 0 atom stereocenters. The third-order valence-corrected chi connectivity index (χ3v) is 3.90. The number of hydrogen-bond donors (Lipinski definition) is 1. The average Bonchev–Trinajstić information content (AvgIpc) is 2.78. The van der Waals surface area contributed by atoms with E-state index in [1.54, 1.807) is 6.07 Å². The fraction of sp³-hybridized carbons (Fsp3) is 0.278. The number of fused-ring (bicyclic) bond motifs is 1. The van der Waals surface area contributed by atoms with E-state index in [1.807, 2.05) is 4.90 Å². The van der Waals surface area contributed by atoms with Gasteiger partial charge in [-0.1, -0.05) is 6.07 Å². The van der Waals surface area contributed by atoms with E-state index in [2.05, 4.69) is 5.32 Å². The van der Waals surface area contributed by atoms with Crippen molar-refractivity contribution < 1.29 is 22.7 Å². The van der Waals surface area contributed by atoms with Gasteiger partial charge in [-0.3, -0.25) is 4.79 Å². The van der Waals surface area contributed by atoms with E-state index in [0.717, 1.165) is 12.1 Å². The lowest BCUT2D eigenvalue weighted by Crippen LogP contribution is -2.37. The minimum Gasteiger partial charge on any atom is -0.491 e. The fourth-order valence-corrected chi connectivity index (χ4v) is 2.67. The number of rotatable bonds is 4. The molecule has 0 aromatic heterocycles. The third-order valence-electron chi connectivity index (χ3n) is 3.90. The molecule has 0 unspecified atom stereocenters. The molecule has 0 bridgehead atoms. The first-order chi connectivity index (χ1) is 12.0. The van der Waals surface area contributed by atoms with Gasteiger partial charge in [0.2, 0.25) is 5.91 Å². The number of nitrogens with one attached hydrogen (secondary N) is 1. The molecule has 132 valence electrons. The van der Waals surface area contributed by atoms with Crippen LogP contribution in [0.3, 0.4) is 0 Å². The molecule has 2 aromatic rings. The van der Waals surface area contributed by atoms with Crippen LogP contribution in [0.15, 0.2) is 36.4 Å². The second kappa shape index (κ2) is 7.46. The Morgan fingerprint density at radius 2 is 1.96 bits per heavy atom. The van der Waals surface area contributed by atoms with Crippen molar-refractivity contribution in [1.29, 1.82) is 0 Å². The van der Waals surface area contributed by atoms with Gasteiger partial charge in [-0.05, 0) is 36.2 Å². The summed E-state index contributed by atoms with van der Waals surface area (Å²) >= 11 is 0. The van der Waals surface area contributed by atoms with Gasteiger partial charge in [0.05, 0.1) is 18.8 Å². The Kier molecular flexibility index (Phi) is 5.11. The van der Waals surface area contributed by atoms with Gasteiger partial charge in [0.1, 0.15) is 11.6 Å². The van der Waals surface area contributed by atoms with Crippen LogP contribution in [-0.2, 0) is 11.3 Å². The number of amides is 1. The molecule has 3 rings (SSSR count). The minimum atomic E-state index is -0.952. The molecule has 1 amide bonds. The van der Waals surface area contributed by atoms with E-state index in [1.165, 1.54) is 18.2 Å². The minimum absolute atomic E-state index is 0.0612. The average molecular weight is 350 g/mol. The number of halogens is 3. The molecule has 1 aliphatic heterocycles. The van der Waals surface area contributed by atoms with Crippen LogP contribution in [0.2, 0.25) is 0 Å². The number of hydrogen-bond acceptors (Lipinski definition) is 3. The summed E-state index contributed by atoms with van der Waals surface area (Å²) in [7, 11) is 0. The number of anilines is 1. The van der Waals surface area contributed by atoms with Gasteiger partial charge in [0, 0.05) is 19.2 Å². The lowest BCUT2D eigenvalue weighted by Gasteiger charge is -2.23. The summed E-state index contributed by atoms with van der Waals surface area (Å²) in [6.45, 7) is 1.20. The Bertz CT molecular complexity index is 783. The zero-order valence-corrected chi connectivity index (χ0v) is 13.4. The van der Waals surface area contributed by atoms with Crippen LogP contribution in [0.5, 0.6) is 5.75 Å². The molecule has 0 saturated heterocycles. The van der Waals surface area contributed by atoms with E-state index in [0.29, 0.717) is 36.6 Å². The SMILES string of the molecule is O=C(CN1CCCOc2cc(F)ccc21)NCc1ccc(F)c(F)c1. The molecule has 7 heteroatoms. The number of nitrogens with zero attached hydrogens (tertiary/aromatic N) is 1. The zero-order chi connectivity index (χ0) is 17.8. The monoisotopic (exact) mass is 350 g/mol. The molecule has 0 aliphatic carbocycles. The first-order valence-electron chi connectivity index (χ1n) is 7.91. The Hall–Kier alpha value is -2.70. The molecule has 0 saturated carbocycles. The van der Waals surface area contributed by atoms with Crippen LogP contribution in [0.4, 0.5) is 18.9 Å². The Labute approximate surface area is 143 Å². The van der Waals surface area contributed by atoms with Crippen molar-refractivity contribution in [3.8, 4) is 5.75 Å². The van der Waals surface area contributed by atoms with Gasteiger partial charge < -0.3 is 15.0 Å². The van der Waals surface area contributed by atoms with Gasteiger partial charge >= 0.3 is 0 Å². The molecular formula is C18H17F3N2O2. The number of ether oxygens (including phenoxy) is 1. The van der Waals surface area contributed by atoms with Crippen molar-refractivity contribution in [1.82, 2.24) is 5.32 Å². The summed E-state index contributed by atoms with van der Waals surface area (Å²) < 4.78 is 44.9. The van der Waals surface area contributed by atoms with Crippen molar-refractivity contribution in [3.05, 3.63) is 59.4 Å². The van der Waals surface area contributed by atoms with Gasteiger partial charge in [0.15, 0.2) is 11.6 Å². The van der Waals surface area contributed by atoms with Gasteiger partial charge in [-0.15, -0.1) is 0 Å². The van der Waals surface area contributed by atoms with Crippen molar-refractivity contribution in [2.24, 2.45) is 0 Å². The molecule has 4 nitrogen and oxygen atoms in total. The maximum Gasteiger partial charge on any atom is 0.239 e. The predicted molar refractivity (Wildman–Crippen MR) is 86.9 cm³/mol. The Balaban J connectivity index is 1.63. The van der Waals surface area contributed by atoms with Gasteiger partial charge in [0.25, 0.3) is 0 Å². The largest absolute Gasteiger partial charge is 0.491 e. The molecule has 0 radical (unpaired) electrons. The van der Waals surface area contributed by atoms with E-state index in [-0.39, 0.29) is 19.0 Å². The van der Waals surface area contributed by atoms with Gasteiger partial charge in [-0.2, -0.15) is 0 Å². The summed E-state index contributed by atoms with van der Waals surface area (Å²) in [6.07, 6.45) is 0.701. The molecule has 0 fully saturated rings. The second-order valence-electron chi connectivity index (χ2n) is 5.76. The standard InChI is InChI=1S/C18H17F3N2O2/c19-13-3-5-16-17(9-13)25-7-1-6-23(16)11-18(24)22-10-12-2-4-14(20)15(21)8-12/h2-5,8-9H,1,6-7,10-11H2,(H,22,24). The quantitative estimate of drug-likeness (QED) is 0.922. The highest BCUT2D eigenvalue weighted by molar-refractivity contribution is 5.82. The van der Waals surface area contributed by atoms with E-state index in [4.69, 9.17) is 4.74 Å². The van der Waals surface area contributed by atoms with Crippen LogP contribution in [0, 0.1) is 17.5 Å². The van der Waals surface area contributed by atoms with Crippen molar-refractivity contribution in [2.75, 3.05) is 24.6 Å². The normalized spacial score (nSPS) is 13.6. The van der Waals surface area contributed by atoms with Gasteiger partial charge in [-0.25, -0.2) is 13.2 Å². The highest BCUT2D eigenvalue weighted by atomic mass is 19.2. The van der Waals surface area contributed by atoms with Crippen LogP contribution < -0.4 is 15.0 Å². The summed E-state index contributed by atoms with van der Waals surface area (Å²) in [5.74, 6) is -2.15. The molecular weight excluding hydrogens is 333 g/mol. The highest BCUT2D eigenvalue weighted by Crippen LogP contribution is 2.31. The first-order valence-corrected chi connectivity index (χ1v) is 7.91. The maximum atomic E-state index is 13.4. The zero-order valence-electron chi connectivity index (χ0n) is 13.4. The molecule has 0 spiro atoms.